The molecule has 1 fully saturated rings. The number of pyridine rings is 1. The number of hydrogen-bond donors (Lipinski definition) is 2. The molecule has 2 aromatic carbocycles. The molecule has 10 nitrogen and oxygen atoms in total. The van der Waals surface area contributed by atoms with E-state index in [1.807, 2.05) is 48.3 Å². The number of amides is 1. The van der Waals surface area contributed by atoms with E-state index in [2.05, 4.69) is 25.5 Å². The van der Waals surface area contributed by atoms with E-state index in [1.54, 1.807) is 18.3 Å². The third kappa shape index (κ3) is 4.39. The second-order valence-corrected chi connectivity index (χ2v) is 10.6. The Morgan fingerprint density at radius 1 is 1.20 bits per heavy atom. The summed E-state index contributed by atoms with van der Waals surface area (Å²) in [7, 11) is 2.05. The van der Waals surface area contributed by atoms with Gasteiger partial charge in [-0.2, -0.15) is 5.26 Å². The van der Waals surface area contributed by atoms with Crippen LogP contribution in [0.25, 0.3) is 22.4 Å². The zero-order chi connectivity index (χ0) is 28.0. The molecule has 1 saturated heterocycles. The summed E-state index contributed by atoms with van der Waals surface area (Å²) in [5.74, 6) is 0.765. The van der Waals surface area contributed by atoms with E-state index in [0.717, 1.165) is 24.0 Å². The second kappa shape index (κ2) is 10.2. The van der Waals surface area contributed by atoms with Crippen molar-refractivity contribution in [1.29, 1.82) is 10.7 Å². The molecule has 0 bridgehead atoms. The van der Waals surface area contributed by atoms with Gasteiger partial charge in [0.2, 0.25) is 0 Å². The summed E-state index contributed by atoms with van der Waals surface area (Å²) >= 11 is 6.20. The number of nitrogens with two attached hydrogens (primary N) is 1. The topological polar surface area (TPSA) is 140 Å². The van der Waals surface area contributed by atoms with E-state index >= 15 is 0 Å². The van der Waals surface area contributed by atoms with Crippen LogP contribution in [0.1, 0.15) is 39.6 Å². The van der Waals surface area contributed by atoms with E-state index in [1.165, 1.54) is 0 Å². The molecule has 1 amide bonds. The van der Waals surface area contributed by atoms with Gasteiger partial charge in [0.1, 0.15) is 23.4 Å². The Bertz CT molecular complexity index is 1740. The smallest absolute Gasteiger partial charge is 0.254 e. The van der Waals surface area contributed by atoms with Gasteiger partial charge in [0.15, 0.2) is 5.84 Å². The number of piperidine rings is 1. The van der Waals surface area contributed by atoms with E-state index in [4.69, 9.17) is 27.7 Å². The number of nitrogens with zero attached hydrogens (tertiary/aromatic N) is 7. The molecule has 11 heteroatoms. The molecule has 6 rings (SSSR count). The quantitative estimate of drug-likeness (QED) is 0.285. The van der Waals surface area contributed by atoms with Crippen molar-refractivity contribution in [2.45, 2.75) is 25.0 Å². The van der Waals surface area contributed by atoms with Crippen molar-refractivity contribution in [1.82, 2.24) is 24.3 Å². The molecule has 0 radical (unpaired) electrons. The minimum Gasteiger partial charge on any atom is -0.382 e. The van der Waals surface area contributed by atoms with Crippen LogP contribution in [0, 0.1) is 16.7 Å². The van der Waals surface area contributed by atoms with Crippen LogP contribution in [0.15, 0.2) is 59.7 Å². The predicted octanol–water partition coefficient (Wildman–Crippen LogP) is 3.84. The lowest BCUT2D eigenvalue weighted by Crippen LogP contribution is -2.50. The molecule has 200 valence electrons. The Balaban J connectivity index is 1.47. The number of carbonyl (C=O) groups excluding carboxylic acids is 1. The number of aliphatic imine (C=N–C) groups is 1. The molecule has 0 aliphatic carbocycles. The van der Waals surface area contributed by atoms with Crippen LogP contribution in [0.3, 0.4) is 0 Å². The number of likely N-dealkylation sites (tertiary alicyclic amines) is 1. The summed E-state index contributed by atoms with van der Waals surface area (Å²) in [6, 6.07) is 16.9. The molecular weight excluding hydrogens is 526 g/mol. The average Bonchev–Trinajstić information content (AvgIpc) is 3.50. The third-order valence-electron chi connectivity index (χ3n) is 7.63. The maximum absolute atomic E-state index is 13.5. The number of amidine groups is 1. The summed E-state index contributed by atoms with van der Waals surface area (Å²) in [5, 5.41) is 17.7. The molecule has 2 aromatic heterocycles. The van der Waals surface area contributed by atoms with Crippen molar-refractivity contribution in [3.05, 3.63) is 82.1 Å². The number of nitriles is 1. The number of nitrogens with one attached hydrogen (secondary N) is 1. The van der Waals surface area contributed by atoms with Gasteiger partial charge in [0.25, 0.3) is 5.91 Å². The molecule has 0 spiro atoms. The van der Waals surface area contributed by atoms with Gasteiger partial charge in [-0.1, -0.05) is 29.8 Å². The Labute approximate surface area is 235 Å². The highest BCUT2D eigenvalue weighted by molar-refractivity contribution is 6.31. The zero-order valence-corrected chi connectivity index (χ0v) is 22.5. The fourth-order valence-electron chi connectivity index (χ4n) is 5.87. The van der Waals surface area contributed by atoms with Crippen molar-refractivity contribution in [2.24, 2.45) is 10.7 Å². The minimum absolute atomic E-state index is 0.01000. The van der Waals surface area contributed by atoms with Gasteiger partial charge in [-0.25, -0.2) is 9.98 Å². The maximum Gasteiger partial charge on any atom is 0.254 e. The van der Waals surface area contributed by atoms with E-state index in [9.17, 15) is 10.1 Å². The number of aromatic nitrogens is 3. The number of halogens is 1. The van der Waals surface area contributed by atoms with Crippen LogP contribution in [-0.4, -0.2) is 68.6 Å². The van der Waals surface area contributed by atoms with E-state index in [0.29, 0.717) is 58.3 Å². The number of imidazole rings is 1. The maximum atomic E-state index is 13.5. The number of benzene rings is 2. The number of fused-ring (bicyclic) bond motifs is 2. The Kier molecular flexibility index (Phi) is 6.54. The van der Waals surface area contributed by atoms with Gasteiger partial charge in [-0.05, 0) is 49.4 Å². The number of carbonyl (C=O) groups is 1. The van der Waals surface area contributed by atoms with Gasteiger partial charge >= 0.3 is 0 Å². The van der Waals surface area contributed by atoms with Crippen molar-refractivity contribution < 1.29 is 4.79 Å². The van der Waals surface area contributed by atoms with E-state index in [-0.39, 0.29) is 23.8 Å². The SMILES string of the molecule is CN1C[C@@H](N2Cc3ccc(Cl)cc3C2=O)C[C@@H](n2c(-c3ccccc3C#N)nc3cnc(C(N)=NC=N)cc32)C1. The number of likely N-dealkylation sites (N-methyl/N-ethyl adjacent to an activating group) is 1. The highest BCUT2D eigenvalue weighted by Crippen LogP contribution is 2.37. The molecule has 4 aromatic rings. The molecule has 2 aliphatic heterocycles. The number of rotatable bonds is 5. The van der Waals surface area contributed by atoms with Crippen molar-refractivity contribution in [2.75, 3.05) is 20.1 Å². The lowest BCUT2D eigenvalue weighted by atomic mass is 9.98. The van der Waals surface area contributed by atoms with Crippen LogP contribution in [0.5, 0.6) is 0 Å². The molecule has 3 N–H and O–H groups in total. The van der Waals surface area contributed by atoms with Gasteiger partial charge in [-0.15, -0.1) is 0 Å². The fourth-order valence-corrected chi connectivity index (χ4v) is 6.04. The second-order valence-electron chi connectivity index (χ2n) is 10.2. The average molecular weight is 552 g/mol. The molecule has 2 aliphatic rings. The Morgan fingerprint density at radius 2 is 2.00 bits per heavy atom. The van der Waals surface area contributed by atoms with Crippen LogP contribution in [0.4, 0.5) is 0 Å². The highest BCUT2D eigenvalue weighted by atomic mass is 35.5. The third-order valence-corrected chi connectivity index (χ3v) is 7.86. The van der Waals surface area contributed by atoms with Crippen LogP contribution >= 0.6 is 11.6 Å². The van der Waals surface area contributed by atoms with E-state index < -0.39 is 0 Å². The molecule has 2 atom stereocenters. The Hall–Kier alpha value is -4.59. The monoisotopic (exact) mass is 551 g/mol. The van der Waals surface area contributed by atoms with Gasteiger partial charge in [0.05, 0.1) is 29.4 Å². The first-order valence-corrected chi connectivity index (χ1v) is 13.2. The molecule has 4 heterocycles. The zero-order valence-electron chi connectivity index (χ0n) is 21.8. The summed E-state index contributed by atoms with van der Waals surface area (Å²) in [6.07, 6.45) is 3.21. The Morgan fingerprint density at radius 3 is 2.80 bits per heavy atom. The first-order chi connectivity index (χ1) is 19.4. The summed E-state index contributed by atoms with van der Waals surface area (Å²) in [6.45, 7) is 1.98. The lowest BCUT2D eigenvalue weighted by molar-refractivity contribution is 0.0532. The summed E-state index contributed by atoms with van der Waals surface area (Å²) in [4.78, 5) is 30.8. The highest BCUT2D eigenvalue weighted by Gasteiger charge is 2.38. The van der Waals surface area contributed by atoms with Crippen molar-refractivity contribution >= 4 is 40.7 Å². The van der Waals surface area contributed by atoms with Gasteiger partial charge in [-0.3, -0.25) is 15.2 Å². The lowest BCUT2D eigenvalue weighted by Gasteiger charge is -2.41. The van der Waals surface area contributed by atoms with Gasteiger partial charge < -0.3 is 20.1 Å². The standard InChI is InChI=1S/C29H26ClN9O/c1-37-14-20(38-13-18-6-7-19(30)8-23(18)29(38)40)9-21(15-37)39-26-10-24(27(33)35-16-32)34-12-25(26)36-28(39)22-5-3-2-4-17(22)11-31/h2-8,10,12,16,20-21H,9,13-15H2,1H3,(H3,32,33,35)/t20-,21+/m0/s1. The number of hydrogen-bond acceptors (Lipinski definition) is 6. The first-order valence-electron chi connectivity index (χ1n) is 12.9. The summed E-state index contributed by atoms with van der Waals surface area (Å²) < 4.78 is 2.14. The van der Waals surface area contributed by atoms with Crippen molar-refractivity contribution in [3.63, 3.8) is 0 Å². The van der Waals surface area contributed by atoms with Gasteiger partial charge in [0, 0.05) is 41.8 Å². The van der Waals surface area contributed by atoms with Crippen molar-refractivity contribution in [3.8, 4) is 17.5 Å². The minimum atomic E-state index is -0.0771. The fraction of sp³-hybridized carbons (Fsp3) is 0.241. The first kappa shape index (κ1) is 25.7. The van der Waals surface area contributed by atoms with Crippen LogP contribution < -0.4 is 5.73 Å². The van der Waals surface area contributed by atoms with Crippen LogP contribution in [0.2, 0.25) is 5.02 Å². The van der Waals surface area contributed by atoms with Crippen LogP contribution in [-0.2, 0) is 6.54 Å². The molecule has 0 unspecified atom stereocenters. The molecular formula is C29H26ClN9O. The normalized spacial score (nSPS) is 19.6. The molecule has 0 saturated carbocycles. The predicted molar refractivity (Wildman–Crippen MR) is 153 cm³/mol. The molecule has 40 heavy (non-hydrogen) atoms. The largest absolute Gasteiger partial charge is 0.382 e. The summed E-state index contributed by atoms with van der Waals surface area (Å²) in [5.41, 5.74) is 10.8.